The highest BCUT2D eigenvalue weighted by Crippen LogP contribution is 2.36. The van der Waals surface area contributed by atoms with Gasteiger partial charge in [0.05, 0.1) is 12.7 Å². The number of hydrogen-bond acceptors (Lipinski definition) is 3. The minimum Gasteiger partial charge on any atom is -0.444 e. The first-order valence-corrected chi connectivity index (χ1v) is 6.51. The summed E-state index contributed by atoms with van der Waals surface area (Å²) in [5, 5.41) is 3.08. The van der Waals surface area contributed by atoms with Gasteiger partial charge in [-0.1, -0.05) is 12.8 Å². The van der Waals surface area contributed by atoms with Gasteiger partial charge in [-0.25, -0.2) is 4.79 Å². The standard InChI is InChI=1S/C13H23NO3/c1-12(2,3)17-11(15)14-13(6-4-5-7-13)8-10-9-16-10/h10H,4-9H2,1-3H3,(H,14,15). The molecule has 2 fully saturated rings. The van der Waals surface area contributed by atoms with Crippen LogP contribution in [0.25, 0.3) is 0 Å². The zero-order chi connectivity index (χ0) is 12.5. The van der Waals surface area contributed by atoms with Crippen molar-refractivity contribution in [1.82, 2.24) is 5.32 Å². The molecule has 1 aliphatic carbocycles. The smallest absolute Gasteiger partial charge is 0.408 e. The molecular formula is C13H23NO3. The van der Waals surface area contributed by atoms with Crippen LogP contribution in [-0.4, -0.2) is 29.9 Å². The van der Waals surface area contributed by atoms with Crippen LogP contribution in [0.2, 0.25) is 0 Å². The van der Waals surface area contributed by atoms with Crippen LogP contribution in [0.5, 0.6) is 0 Å². The number of ether oxygens (including phenoxy) is 2. The molecule has 0 bridgehead atoms. The Morgan fingerprint density at radius 3 is 2.47 bits per heavy atom. The summed E-state index contributed by atoms with van der Waals surface area (Å²) in [4.78, 5) is 11.8. The van der Waals surface area contributed by atoms with E-state index in [4.69, 9.17) is 9.47 Å². The SMILES string of the molecule is CC(C)(C)OC(=O)NC1(CC2CO2)CCCC1. The summed E-state index contributed by atoms with van der Waals surface area (Å²) in [5.41, 5.74) is -0.510. The van der Waals surface area contributed by atoms with Crippen molar-refractivity contribution in [3.05, 3.63) is 0 Å². The van der Waals surface area contributed by atoms with Crippen molar-refractivity contribution in [2.45, 2.75) is 70.1 Å². The van der Waals surface area contributed by atoms with Crippen molar-refractivity contribution in [3.63, 3.8) is 0 Å². The van der Waals surface area contributed by atoms with Crippen LogP contribution in [-0.2, 0) is 9.47 Å². The van der Waals surface area contributed by atoms with E-state index in [2.05, 4.69) is 5.32 Å². The van der Waals surface area contributed by atoms with Gasteiger partial charge in [-0.3, -0.25) is 0 Å². The first-order chi connectivity index (χ1) is 7.89. The van der Waals surface area contributed by atoms with Crippen molar-refractivity contribution in [3.8, 4) is 0 Å². The molecule has 98 valence electrons. The second-order valence-corrected chi connectivity index (χ2v) is 6.27. The van der Waals surface area contributed by atoms with Gasteiger partial charge in [-0.15, -0.1) is 0 Å². The van der Waals surface area contributed by atoms with Crippen LogP contribution >= 0.6 is 0 Å². The van der Waals surface area contributed by atoms with Gasteiger partial charge in [0.2, 0.25) is 0 Å². The number of alkyl carbamates (subject to hydrolysis) is 1. The van der Waals surface area contributed by atoms with E-state index in [0.29, 0.717) is 6.10 Å². The molecule has 2 rings (SSSR count). The minimum absolute atomic E-state index is 0.0799. The molecule has 1 amide bonds. The number of carbonyl (C=O) groups is 1. The largest absolute Gasteiger partial charge is 0.444 e. The minimum atomic E-state index is -0.431. The Morgan fingerprint density at radius 1 is 1.41 bits per heavy atom. The highest BCUT2D eigenvalue weighted by Gasteiger charge is 2.41. The first-order valence-electron chi connectivity index (χ1n) is 6.51. The fourth-order valence-corrected chi connectivity index (χ4v) is 2.57. The summed E-state index contributed by atoms with van der Waals surface area (Å²) in [7, 11) is 0. The van der Waals surface area contributed by atoms with E-state index < -0.39 is 5.60 Å². The predicted octanol–water partition coefficient (Wildman–Crippen LogP) is 2.61. The summed E-state index contributed by atoms with van der Waals surface area (Å²) in [6, 6.07) is 0. The van der Waals surface area contributed by atoms with E-state index in [1.165, 1.54) is 12.8 Å². The third-order valence-corrected chi connectivity index (χ3v) is 3.35. The molecule has 1 heterocycles. The summed E-state index contributed by atoms with van der Waals surface area (Å²) in [6.45, 7) is 6.51. The Hall–Kier alpha value is -0.770. The molecule has 1 unspecified atom stereocenters. The number of nitrogens with one attached hydrogen (secondary N) is 1. The van der Waals surface area contributed by atoms with Crippen LogP contribution < -0.4 is 5.32 Å². The molecule has 0 spiro atoms. The van der Waals surface area contributed by atoms with E-state index in [1.807, 2.05) is 20.8 Å². The third-order valence-electron chi connectivity index (χ3n) is 3.35. The molecule has 1 N–H and O–H groups in total. The Balaban J connectivity index is 1.90. The van der Waals surface area contributed by atoms with Crippen molar-refractivity contribution < 1.29 is 14.3 Å². The molecule has 1 aliphatic heterocycles. The normalized spacial score (nSPS) is 26.6. The van der Waals surface area contributed by atoms with E-state index in [0.717, 1.165) is 25.9 Å². The molecule has 0 radical (unpaired) electrons. The van der Waals surface area contributed by atoms with Crippen LogP contribution in [0.1, 0.15) is 52.9 Å². The van der Waals surface area contributed by atoms with Gasteiger partial charge in [-0.2, -0.15) is 0 Å². The molecule has 0 aromatic carbocycles. The fraction of sp³-hybridized carbons (Fsp3) is 0.923. The van der Waals surface area contributed by atoms with Gasteiger partial charge in [-0.05, 0) is 40.0 Å². The predicted molar refractivity (Wildman–Crippen MR) is 64.9 cm³/mol. The lowest BCUT2D eigenvalue weighted by Crippen LogP contribution is -2.49. The van der Waals surface area contributed by atoms with Crippen molar-refractivity contribution in [2.75, 3.05) is 6.61 Å². The Labute approximate surface area is 103 Å². The molecule has 0 aromatic heterocycles. The maximum absolute atomic E-state index is 11.8. The molecule has 0 aromatic rings. The highest BCUT2D eigenvalue weighted by molar-refractivity contribution is 5.68. The first kappa shape index (κ1) is 12.7. The van der Waals surface area contributed by atoms with Crippen molar-refractivity contribution >= 4 is 6.09 Å². The lowest BCUT2D eigenvalue weighted by molar-refractivity contribution is 0.0446. The molecule has 1 saturated carbocycles. The van der Waals surface area contributed by atoms with Crippen LogP contribution in [0.3, 0.4) is 0 Å². The molecule has 17 heavy (non-hydrogen) atoms. The average molecular weight is 241 g/mol. The monoisotopic (exact) mass is 241 g/mol. The van der Waals surface area contributed by atoms with Gasteiger partial charge >= 0.3 is 6.09 Å². The summed E-state index contributed by atoms with van der Waals surface area (Å²) < 4.78 is 10.6. The Kier molecular flexibility index (Phi) is 3.34. The van der Waals surface area contributed by atoms with E-state index in [9.17, 15) is 4.79 Å². The zero-order valence-corrected chi connectivity index (χ0v) is 11.0. The fourth-order valence-electron chi connectivity index (χ4n) is 2.57. The molecular weight excluding hydrogens is 218 g/mol. The van der Waals surface area contributed by atoms with Crippen LogP contribution in [0, 0.1) is 0 Å². The topological polar surface area (TPSA) is 50.9 Å². The van der Waals surface area contributed by atoms with Gasteiger partial charge in [0.1, 0.15) is 5.60 Å². The molecule has 4 heteroatoms. The molecule has 1 saturated heterocycles. The Bertz CT molecular complexity index is 286. The van der Waals surface area contributed by atoms with Gasteiger partial charge in [0.25, 0.3) is 0 Å². The second-order valence-electron chi connectivity index (χ2n) is 6.27. The zero-order valence-electron chi connectivity index (χ0n) is 11.0. The number of epoxide rings is 1. The van der Waals surface area contributed by atoms with Crippen molar-refractivity contribution in [2.24, 2.45) is 0 Å². The van der Waals surface area contributed by atoms with E-state index >= 15 is 0 Å². The number of rotatable bonds is 3. The van der Waals surface area contributed by atoms with Gasteiger partial charge in [0, 0.05) is 5.54 Å². The summed E-state index contributed by atoms with van der Waals surface area (Å²) in [6.07, 6.45) is 5.46. The molecule has 1 atom stereocenters. The lowest BCUT2D eigenvalue weighted by Gasteiger charge is -2.31. The number of carbonyl (C=O) groups excluding carboxylic acids is 1. The Morgan fingerprint density at radius 2 is 2.00 bits per heavy atom. The van der Waals surface area contributed by atoms with Gasteiger partial charge in [0.15, 0.2) is 0 Å². The quantitative estimate of drug-likeness (QED) is 0.773. The van der Waals surface area contributed by atoms with E-state index in [1.54, 1.807) is 0 Å². The molecule has 4 nitrogen and oxygen atoms in total. The number of hydrogen-bond donors (Lipinski definition) is 1. The third kappa shape index (κ3) is 3.87. The van der Waals surface area contributed by atoms with Crippen LogP contribution in [0.4, 0.5) is 4.79 Å². The van der Waals surface area contributed by atoms with E-state index in [-0.39, 0.29) is 11.6 Å². The van der Waals surface area contributed by atoms with Crippen LogP contribution in [0.15, 0.2) is 0 Å². The summed E-state index contributed by atoms with van der Waals surface area (Å²) >= 11 is 0. The maximum Gasteiger partial charge on any atom is 0.408 e. The summed E-state index contributed by atoms with van der Waals surface area (Å²) in [5.74, 6) is 0. The second kappa shape index (κ2) is 4.48. The highest BCUT2D eigenvalue weighted by atomic mass is 16.6. The number of amides is 1. The maximum atomic E-state index is 11.8. The average Bonchev–Trinajstić information content (AvgIpc) is 2.82. The lowest BCUT2D eigenvalue weighted by atomic mass is 9.92. The van der Waals surface area contributed by atoms with Gasteiger partial charge < -0.3 is 14.8 Å². The molecule has 2 aliphatic rings. The van der Waals surface area contributed by atoms with Crippen molar-refractivity contribution in [1.29, 1.82) is 0 Å².